The highest BCUT2D eigenvalue weighted by atomic mass is 16.5. The van der Waals surface area contributed by atoms with Gasteiger partial charge in [-0.2, -0.15) is 0 Å². The van der Waals surface area contributed by atoms with Crippen molar-refractivity contribution in [3.63, 3.8) is 0 Å². The van der Waals surface area contributed by atoms with Gasteiger partial charge >= 0.3 is 0 Å². The first-order valence-corrected chi connectivity index (χ1v) is 6.80. The highest BCUT2D eigenvalue weighted by molar-refractivity contribution is 5.06. The Kier molecular flexibility index (Phi) is 5.23. The molecule has 1 fully saturated rings. The number of furan rings is 1. The van der Waals surface area contributed by atoms with Crippen molar-refractivity contribution in [1.82, 2.24) is 10.2 Å². The average Bonchev–Trinajstić information content (AvgIpc) is 2.80. The number of hydrogen-bond acceptors (Lipinski definition) is 4. The van der Waals surface area contributed by atoms with Crippen LogP contribution in [-0.2, 0) is 17.9 Å². The van der Waals surface area contributed by atoms with Crippen molar-refractivity contribution in [2.45, 2.75) is 38.5 Å². The Balaban J connectivity index is 1.70. The maximum absolute atomic E-state index is 5.77. The first-order chi connectivity index (χ1) is 8.79. The van der Waals surface area contributed by atoms with Crippen molar-refractivity contribution < 1.29 is 9.15 Å². The zero-order chi connectivity index (χ0) is 12.8. The zero-order valence-electron chi connectivity index (χ0n) is 11.4. The van der Waals surface area contributed by atoms with Gasteiger partial charge in [0.2, 0.25) is 0 Å². The fourth-order valence-electron chi connectivity index (χ4n) is 2.42. The lowest BCUT2D eigenvalue weighted by Crippen LogP contribution is -2.39. The predicted molar refractivity (Wildman–Crippen MR) is 71.4 cm³/mol. The Labute approximate surface area is 109 Å². The van der Waals surface area contributed by atoms with Crippen LogP contribution < -0.4 is 5.32 Å². The van der Waals surface area contributed by atoms with E-state index in [1.54, 1.807) is 0 Å². The average molecular weight is 252 g/mol. The van der Waals surface area contributed by atoms with Crippen molar-refractivity contribution in [2.24, 2.45) is 0 Å². The lowest BCUT2D eigenvalue weighted by atomic mass is 10.0. The molecule has 4 nitrogen and oxygen atoms in total. The quantitative estimate of drug-likeness (QED) is 0.840. The van der Waals surface area contributed by atoms with Crippen LogP contribution in [0.2, 0.25) is 0 Å². The van der Waals surface area contributed by atoms with Crippen LogP contribution in [0.1, 0.15) is 30.8 Å². The number of nitrogens with zero attached hydrogens (tertiary/aromatic N) is 1. The monoisotopic (exact) mass is 252 g/mol. The first kappa shape index (κ1) is 13.6. The van der Waals surface area contributed by atoms with Gasteiger partial charge in [-0.05, 0) is 45.6 Å². The number of likely N-dealkylation sites (tertiary alicyclic amines) is 1. The van der Waals surface area contributed by atoms with E-state index in [9.17, 15) is 0 Å². The van der Waals surface area contributed by atoms with Crippen molar-refractivity contribution in [2.75, 3.05) is 27.2 Å². The molecule has 2 rings (SSSR count). The van der Waals surface area contributed by atoms with E-state index in [4.69, 9.17) is 9.15 Å². The third-order valence-electron chi connectivity index (χ3n) is 3.54. The number of nitrogens with one attached hydrogen (secondary N) is 1. The second-order valence-electron chi connectivity index (χ2n) is 5.04. The molecule has 102 valence electrons. The summed E-state index contributed by atoms with van der Waals surface area (Å²) in [7, 11) is 4.10. The van der Waals surface area contributed by atoms with Crippen molar-refractivity contribution >= 4 is 0 Å². The van der Waals surface area contributed by atoms with Crippen LogP contribution >= 0.6 is 0 Å². The molecule has 1 atom stereocenters. The molecule has 0 spiro atoms. The number of rotatable bonds is 6. The molecule has 18 heavy (non-hydrogen) atoms. The van der Waals surface area contributed by atoms with Gasteiger partial charge in [-0.3, -0.25) is 0 Å². The summed E-state index contributed by atoms with van der Waals surface area (Å²) >= 11 is 0. The maximum atomic E-state index is 5.77. The van der Waals surface area contributed by atoms with E-state index >= 15 is 0 Å². The van der Waals surface area contributed by atoms with E-state index in [0.717, 1.165) is 24.7 Å². The normalized spacial score (nSPS) is 21.3. The molecular weight excluding hydrogens is 228 g/mol. The molecule has 1 saturated heterocycles. The van der Waals surface area contributed by atoms with Crippen LogP contribution in [0, 0.1) is 0 Å². The van der Waals surface area contributed by atoms with Crippen LogP contribution in [0.5, 0.6) is 0 Å². The second kappa shape index (κ2) is 6.92. The molecule has 4 heteroatoms. The minimum absolute atomic E-state index is 0.575. The van der Waals surface area contributed by atoms with Gasteiger partial charge in [-0.25, -0.2) is 0 Å². The summed E-state index contributed by atoms with van der Waals surface area (Å²) in [6, 6.07) is 4.57. The Morgan fingerprint density at radius 3 is 3.00 bits per heavy atom. The third kappa shape index (κ3) is 3.83. The predicted octanol–water partition coefficient (Wildman–Crippen LogP) is 2.00. The SMILES string of the molecule is CNCc1ccc(COCC2CCCCN2C)o1. The minimum Gasteiger partial charge on any atom is -0.462 e. The largest absolute Gasteiger partial charge is 0.462 e. The van der Waals surface area contributed by atoms with E-state index in [-0.39, 0.29) is 0 Å². The molecule has 0 bridgehead atoms. The minimum atomic E-state index is 0.575. The second-order valence-corrected chi connectivity index (χ2v) is 5.04. The van der Waals surface area contributed by atoms with Gasteiger partial charge < -0.3 is 19.4 Å². The number of piperidine rings is 1. The summed E-state index contributed by atoms with van der Waals surface area (Å²) < 4.78 is 11.4. The molecule has 2 heterocycles. The molecule has 1 aromatic rings. The van der Waals surface area contributed by atoms with Crippen LogP contribution in [0.4, 0.5) is 0 Å². The summed E-state index contributed by atoms with van der Waals surface area (Å²) in [5.41, 5.74) is 0. The topological polar surface area (TPSA) is 37.6 Å². The van der Waals surface area contributed by atoms with E-state index in [1.807, 2.05) is 19.2 Å². The zero-order valence-corrected chi connectivity index (χ0v) is 11.4. The summed E-state index contributed by atoms with van der Waals surface area (Å²) in [6.07, 6.45) is 3.89. The lowest BCUT2D eigenvalue weighted by Gasteiger charge is -2.32. The molecule has 1 N–H and O–H groups in total. The van der Waals surface area contributed by atoms with E-state index in [0.29, 0.717) is 12.6 Å². The fourth-order valence-corrected chi connectivity index (χ4v) is 2.42. The summed E-state index contributed by atoms with van der Waals surface area (Å²) in [5, 5.41) is 3.07. The van der Waals surface area contributed by atoms with Crippen LogP contribution in [0.3, 0.4) is 0 Å². The smallest absolute Gasteiger partial charge is 0.129 e. The fraction of sp³-hybridized carbons (Fsp3) is 0.714. The molecule has 1 aliphatic rings. The highest BCUT2D eigenvalue weighted by Gasteiger charge is 2.18. The van der Waals surface area contributed by atoms with Crippen LogP contribution in [-0.4, -0.2) is 38.2 Å². The van der Waals surface area contributed by atoms with Crippen molar-refractivity contribution in [1.29, 1.82) is 0 Å². The Morgan fingerprint density at radius 2 is 2.22 bits per heavy atom. The van der Waals surface area contributed by atoms with Gasteiger partial charge in [0.25, 0.3) is 0 Å². The Bertz CT molecular complexity index is 351. The Morgan fingerprint density at radius 1 is 1.39 bits per heavy atom. The molecule has 0 aliphatic carbocycles. The lowest BCUT2D eigenvalue weighted by molar-refractivity contribution is 0.0371. The molecule has 1 aliphatic heterocycles. The number of hydrogen-bond donors (Lipinski definition) is 1. The molecule has 0 radical (unpaired) electrons. The van der Waals surface area contributed by atoms with Crippen LogP contribution in [0.25, 0.3) is 0 Å². The number of ether oxygens (including phenoxy) is 1. The summed E-state index contributed by atoms with van der Waals surface area (Å²) in [5.74, 6) is 1.88. The van der Waals surface area contributed by atoms with Crippen LogP contribution in [0.15, 0.2) is 16.5 Å². The maximum Gasteiger partial charge on any atom is 0.129 e. The van der Waals surface area contributed by atoms with Gasteiger partial charge in [0.15, 0.2) is 0 Å². The standard InChI is InChI=1S/C14H24N2O2/c1-15-9-13-6-7-14(18-13)11-17-10-12-5-3-4-8-16(12)2/h6-7,12,15H,3-5,8-11H2,1-2H3. The van der Waals surface area contributed by atoms with Gasteiger partial charge in [0.1, 0.15) is 18.1 Å². The van der Waals surface area contributed by atoms with Gasteiger partial charge in [-0.1, -0.05) is 6.42 Å². The van der Waals surface area contributed by atoms with E-state index in [2.05, 4.69) is 17.3 Å². The summed E-state index contributed by atoms with van der Waals surface area (Å²) in [6.45, 7) is 3.35. The molecule has 0 saturated carbocycles. The van der Waals surface area contributed by atoms with Crippen molar-refractivity contribution in [3.8, 4) is 0 Å². The van der Waals surface area contributed by atoms with Gasteiger partial charge in [-0.15, -0.1) is 0 Å². The third-order valence-corrected chi connectivity index (χ3v) is 3.54. The van der Waals surface area contributed by atoms with E-state index < -0.39 is 0 Å². The molecule has 0 amide bonds. The first-order valence-electron chi connectivity index (χ1n) is 6.80. The highest BCUT2D eigenvalue weighted by Crippen LogP contribution is 2.16. The number of likely N-dealkylation sites (N-methyl/N-ethyl adjacent to an activating group) is 1. The molecular formula is C14H24N2O2. The molecule has 0 aromatic carbocycles. The molecule has 1 aromatic heterocycles. The van der Waals surface area contributed by atoms with Gasteiger partial charge in [0.05, 0.1) is 13.2 Å². The van der Waals surface area contributed by atoms with E-state index in [1.165, 1.54) is 25.8 Å². The van der Waals surface area contributed by atoms with Gasteiger partial charge in [0, 0.05) is 6.04 Å². The summed E-state index contributed by atoms with van der Waals surface area (Å²) in [4.78, 5) is 2.40. The Hall–Kier alpha value is -0.840. The molecule has 1 unspecified atom stereocenters. The van der Waals surface area contributed by atoms with Crippen molar-refractivity contribution in [3.05, 3.63) is 23.7 Å².